The SMILES string of the molecule is CCCNC(=O)CSc1nnc2n(-c3ccccc3)c(=O)c3ccccc3n12. The summed E-state index contributed by atoms with van der Waals surface area (Å²) >= 11 is 1.30. The molecule has 0 fully saturated rings. The van der Waals surface area contributed by atoms with Gasteiger partial charge in [-0.3, -0.25) is 14.0 Å². The van der Waals surface area contributed by atoms with Gasteiger partial charge in [0, 0.05) is 6.54 Å². The molecule has 142 valence electrons. The Morgan fingerprint density at radius 1 is 1.07 bits per heavy atom. The maximum Gasteiger partial charge on any atom is 0.267 e. The highest BCUT2D eigenvalue weighted by atomic mass is 32.2. The second-order valence-electron chi connectivity index (χ2n) is 6.25. The van der Waals surface area contributed by atoms with Gasteiger partial charge in [0.25, 0.3) is 5.56 Å². The van der Waals surface area contributed by atoms with Crippen molar-refractivity contribution in [1.82, 2.24) is 24.5 Å². The summed E-state index contributed by atoms with van der Waals surface area (Å²) in [5, 5.41) is 12.5. The summed E-state index contributed by atoms with van der Waals surface area (Å²) in [4.78, 5) is 25.1. The number of benzene rings is 2. The van der Waals surface area contributed by atoms with E-state index >= 15 is 0 Å². The molecule has 0 aliphatic heterocycles. The second-order valence-corrected chi connectivity index (χ2v) is 7.19. The van der Waals surface area contributed by atoms with Crippen LogP contribution < -0.4 is 10.9 Å². The number of fused-ring (bicyclic) bond motifs is 3. The van der Waals surface area contributed by atoms with Crippen LogP contribution in [0.15, 0.2) is 64.5 Å². The van der Waals surface area contributed by atoms with Crippen molar-refractivity contribution in [3.8, 4) is 5.69 Å². The third-order valence-electron chi connectivity index (χ3n) is 4.31. The minimum absolute atomic E-state index is 0.0516. The largest absolute Gasteiger partial charge is 0.355 e. The first-order valence-electron chi connectivity index (χ1n) is 9.04. The molecule has 0 saturated heterocycles. The van der Waals surface area contributed by atoms with Gasteiger partial charge in [0.15, 0.2) is 5.16 Å². The molecular weight excluding hydrogens is 374 g/mol. The Morgan fingerprint density at radius 3 is 2.61 bits per heavy atom. The third-order valence-corrected chi connectivity index (χ3v) is 5.24. The fraction of sp³-hybridized carbons (Fsp3) is 0.200. The Bertz CT molecular complexity index is 1200. The van der Waals surface area contributed by atoms with E-state index in [1.807, 2.05) is 59.9 Å². The molecule has 0 spiro atoms. The van der Waals surface area contributed by atoms with Crippen LogP contribution in [0.3, 0.4) is 0 Å². The number of nitrogens with zero attached hydrogens (tertiary/aromatic N) is 4. The first-order chi connectivity index (χ1) is 13.7. The van der Waals surface area contributed by atoms with Gasteiger partial charge in [-0.25, -0.2) is 4.57 Å². The lowest BCUT2D eigenvalue weighted by atomic mass is 10.2. The van der Waals surface area contributed by atoms with Crippen molar-refractivity contribution in [3.05, 3.63) is 65.0 Å². The molecule has 2 aromatic carbocycles. The lowest BCUT2D eigenvalue weighted by Crippen LogP contribution is -2.25. The summed E-state index contributed by atoms with van der Waals surface area (Å²) in [6.07, 6.45) is 0.887. The number of hydrogen-bond donors (Lipinski definition) is 1. The zero-order valence-corrected chi connectivity index (χ0v) is 16.1. The number of aromatic nitrogens is 4. The lowest BCUT2D eigenvalue weighted by Gasteiger charge is -2.11. The van der Waals surface area contributed by atoms with E-state index in [-0.39, 0.29) is 17.2 Å². The Morgan fingerprint density at radius 2 is 1.82 bits per heavy atom. The summed E-state index contributed by atoms with van der Waals surface area (Å²) in [6.45, 7) is 2.66. The summed E-state index contributed by atoms with van der Waals surface area (Å²) in [5.41, 5.74) is 1.28. The standard InChI is InChI=1S/C20H19N5O2S/c1-2-12-21-17(26)13-28-20-23-22-19-24(14-8-4-3-5-9-14)18(27)15-10-6-7-11-16(15)25(19)20/h3-11H,2,12-13H2,1H3,(H,21,26). The quantitative estimate of drug-likeness (QED) is 0.510. The van der Waals surface area contributed by atoms with Crippen LogP contribution in [0.25, 0.3) is 22.4 Å². The highest BCUT2D eigenvalue weighted by Gasteiger charge is 2.18. The number of hydrogen-bond acceptors (Lipinski definition) is 5. The number of thioether (sulfide) groups is 1. The highest BCUT2D eigenvalue weighted by molar-refractivity contribution is 7.99. The van der Waals surface area contributed by atoms with Gasteiger partial charge in [0.05, 0.1) is 22.3 Å². The summed E-state index contributed by atoms with van der Waals surface area (Å²) < 4.78 is 3.39. The molecular formula is C20H19N5O2S. The van der Waals surface area contributed by atoms with Crippen molar-refractivity contribution in [3.63, 3.8) is 0 Å². The normalized spacial score (nSPS) is 11.2. The van der Waals surface area contributed by atoms with E-state index in [9.17, 15) is 9.59 Å². The van der Waals surface area contributed by atoms with Crippen molar-refractivity contribution in [2.75, 3.05) is 12.3 Å². The zero-order chi connectivity index (χ0) is 19.5. The topological polar surface area (TPSA) is 81.3 Å². The first-order valence-corrected chi connectivity index (χ1v) is 10.0. The molecule has 2 heterocycles. The Labute approximate surface area is 165 Å². The minimum atomic E-state index is -0.154. The smallest absolute Gasteiger partial charge is 0.267 e. The first kappa shape index (κ1) is 18.2. The van der Waals surface area contributed by atoms with E-state index in [0.29, 0.717) is 28.6 Å². The summed E-state index contributed by atoms with van der Waals surface area (Å²) in [5.74, 6) is 0.607. The number of rotatable bonds is 6. The maximum atomic E-state index is 13.1. The fourth-order valence-electron chi connectivity index (χ4n) is 3.03. The van der Waals surface area contributed by atoms with Crippen molar-refractivity contribution in [2.24, 2.45) is 0 Å². The number of para-hydroxylation sites is 2. The molecule has 0 atom stereocenters. The van der Waals surface area contributed by atoms with E-state index in [0.717, 1.165) is 11.9 Å². The van der Waals surface area contributed by atoms with E-state index < -0.39 is 0 Å². The molecule has 8 heteroatoms. The van der Waals surface area contributed by atoms with Gasteiger partial charge < -0.3 is 5.32 Å². The molecule has 7 nitrogen and oxygen atoms in total. The van der Waals surface area contributed by atoms with Gasteiger partial charge in [0.1, 0.15) is 0 Å². The molecule has 0 saturated carbocycles. The molecule has 1 amide bonds. The molecule has 1 N–H and O–H groups in total. The Balaban J connectivity index is 1.87. The van der Waals surface area contributed by atoms with E-state index in [2.05, 4.69) is 15.5 Å². The molecule has 2 aromatic heterocycles. The average Bonchev–Trinajstić information content (AvgIpc) is 3.15. The van der Waals surface area contributed by atoms with Gasteiger partial charge in [0.2, 0.25) is 11.7 Å². The predicted molar refractivity (Wildman–Crippen MR) is 110 cm³/mol. The van der Waals surface area contributed by atoms with Crippen LogP contribution in [0.5, 0.6) is 0 Å². The van der Waals surface area contributed by atoms with Gasteiger partial charge in [-0.05, 0) is 30.7 Å². The zero-order valence-electron chi connectivity index (χ0n) is 15.3. The highest BCUT2D eigenvalue weighted by Crippen LogP contribution is 2.22. The molecule has 0 bridgehead atoms. The number of nitrogens with one attached hydrogen (secondary N) is 1. The molecule has 0 aliphatic rings. The van der Waals surface area contributed by atoms with Crippen molar-refractivity contribution >= 4 is 34.3 Å². The van der Waals surface area contributed by atoms with Crippen molar-refractivity contribution in [2.45, 2.75) is 18.5 Å². The number of amides is 1. The minimum Gasteiger partial charge on any atom is -0.355 e. The maximum absolute atomic E-state index is 13.1. The van der Waals surface area contributed by atoms with Gasteiger partial charge >= 0.3 is 0 Å². The fourth-order valence-corrected chi connectivity index (χ4v) is 3.80. The molecule has 4 aromatic rings. The Hall–Kier alpha value is -3.13. The molecule has 0 aliphatic carbocycles. The van der Waals surface area contributed by atoms with Gasteiger partial charge in [-0.2, -0.15) is 0 Å². The summed E-state index contributed by atoms with van der Waals surface area (Å²) in [7, 11) is 0. The monoisotopic (exact) mass is 393 g/mol. The Kier molecular flexibility index (Phi) is 5.12. The average molecular weight is 393 g/mol. The van der Waals surface area contributed by atoms with Gasteiger partial charge in [-0.1, -0.05) is 49.0 Å². The van der Waals surface area contributed by atoms with Crippen LogP contribution >= 0.6 is 11.8 Å². The van der Waals surface area contributed by atoms with Crippen LogP contribution in [0, 0.1) is 0 Å². The number of carbonyl (C=O) groups excluding carboxylic acids is 1. The molecule has 4 rings (SSSR count). The van der Waals surface area contributed by atoms with E-state index in [1.54, 1.807) is 10.6 Å². The lowest BCUT2D eigenvalue weighted by molar-refractivity contribution is -0.118. The van der Waals surface area contributed by atoms with Crippen molar-refractivity contribution < 1.29 is 4.79 Å². The van der Waals surface area contributed by atoms with Crippen molar-refractivity contribution in [1.29, 1.82) is 0 Å². The molecule has 0 radical (unpaired) electrons. The van der Waals surface area contributed by atoms with Crippen LogP contribution in [0.1, 0.15) is 13.3 Å². The van der Waals surface area contributed by atoms with Crippen LogP contribution in [0.4, 0.5) is 0 Å². The van der Waals surface area contributed by atoms with E-state index in [1.165, 1.54) is 11.8 Å². The number of carbonyl (C=O) groups is 1. The summed E-state index contributed by atoms with van der Waals surface area (Å²) in [6, 6.07) is 16.7. The van der Waals surface area contributed by atoms with Crippen LogP contribution in [-0.4, -0.2) is 37.4 Å². The second kappa shape index (κ2) is 7.85. The molecule has 28 heavy (non-hydrogen) atoms. The van der Waals surface area contributed by atoms with Crippen LogP contribution in [0.2, 0.25) is 0 Å². The van der Waals surface area contributed by atoms with Crippen LogP contribution in [-0.2, 0) is 4.79 Å². The third kappa shape index (κ3) is 3.27. The van der Waals surface area contributed by atoms with E-state index in [4.69, 9.17) is 0 Å². The molecule has 0 unspecified atom stereocenters. The predicted octanol–water partition coefficient (Wildman–Crippen LogP) is 2.65. The van der Waals surface area contributed by atoms with Gasteiger partial charge in [-0.15, -0.1) is 10.2 Å².